The third-order valence-corrected chi connectivity index (χ3v) is 3.14. The predicted octanol–water partition coefficient (Wildman–Crippen LogP) is 2.03. The maximum Gasteiger partial charge on any atom is 0.353 e. The van der Waals surface area contributed by atoms with Crippen molar-refractivity contribution in [3.63, 3.8) is 0 Å². The number of hydrogen-bond donors (Lipinski definition) is 2. The number of aromatic nitrogens is 2. The highest BCUT2D eigenvalue weighted by Gasteiger charge is 2.37. The fraction of sp³-hybridized carbons (Fsp3) is 0.636. The van der Waals surface area contributed by atoms with E-state index in [1.165, 1.54) is 6.33 Å². The molecule has 2 N–H and O–H groups in total. The minimum atomic E-state index is -0.449. The fourth-order valence-electron chi connectivity index (χ4n) is 1.67. The van der Waals surface area contributed by atoms with Crippen LogP contribution in [0.4, 0.5) is 17.3 Å². The van der Waals surface area contributed by atoms with E-state index in [1.807, 2.05) is 6.92 Å². The second-order valence-corrected chi connectivity index (χ2v) is 4.87. The zero-order valence-electron chi connectivity index (χ0n) is 10.6. The first-order chi connectivity index (χ1) is 8.56. The molecule has 7 nitrogen and oxygen atoms in total. The van der Waals surface area contributed by atoms with Crippen LogP contribution in [0.25, 0.3) is 0 Å². The van der Waals surface area contributed by atoms with Crippen molar-refractivity contribution in [2.45, 2.75) is 26.7 Å². The summed E-state index contributed by atoms with van der Waals surface area (Å²) in [5, 5.41) is 17.0. The topological polar surface area (TPSA) is 93.0 Å². The van der Waals surface area contributed by atoms with E-state index >= 15 is 0 Å². The lowest BCUT2D eigenvalue weighted by molar-refractivity contribution is -0.383. The molecule has 0 spiro atoms. The van der Waals surface area contributed by atoms with Gasteiger partial charge in [0.15, 0.2) is 0 Å². The minimum absolute atomic E-state index is 0.0800. The van der Waals surface area contributed by atoms with Crippen LogP contribution in [0, 0.1) is 15.5 Å². The second-order valence-electron chi connectivity index (χ2n) is 4.87. The number of nitro groups is 1. The number of nitrogens with zero attached hydrogens (tertiary/aromatic N) is 3. The van der Waals surface area contributed by atoms with Crippen molar-refractivity contribution in [2.75, 3.05) is 23.7 Å². The Balaban J connectivity index is 2.21. The molecule has 18 heavy (non-hydrogen) atoms. The van der Waals surface area contributed by atoms with Crippen molar-refractivity contribution in [2.24, 2.45) is 5.41 Å². The first-order valence-electron chi connectivity index (χ1n) is 6.03. The first kappa shape index (κ1) is 12.5. The Morgan fingerprint density at radius 3 is 2.50 bits per heavy atom. The molecule has 7 heteroatoms. The van der Waals surface area contributed by atoms with Gasteiger partial charge in [-0.3, -0.25) is 10.1 Å². The summed E-state index contributed by atoms with van der Waals surface area (Å²) in [4.78, 5) is 18.5. The summed E-state index contributed by atoms with van der Waals surface area (Å²) in [5.41, 5.74) is 0.181. The molecule has 1 heterocycles. The van der Waals surface area contributed by atoms with E-state index in [0.717, 1.165) is 12.8 Å². The lowest BCUT2D eigenvalue weighted by atomic mass is 10.1. The quantitative estimate of drug-likeness (QED) is 0.593. The van der Waals surface area contributed by atoms with E-state index in [0.29, 0.717) is 18.9 Å². The maximum atomic E-state index is 11.1. The Hall–Kier alpha value is -1.92. The largest absolute Gasteiger partial charge is 0.364 e. The normalized spacial score (nSPS) is 16.1. The molecular formula is C11H17N5O2. The molecule has 1 fully saturated rings. The highest BCUT2D eigenvalue weighted by atomic mass is 16.6. The Morgan fingerprint density at radius 2 is 2.00 bits per heavy atom. The summed E-state index contributed by atoms with van der Waals surface area (Å²) >= 11 is 0. The average Bonchev–Trinajstić information content (AvgIpc) is 3.05. The van der Waals surface area contributed by atoms with Crippen LogP contribution in [0.3, 0.4) is 0 Å². The van der Waals surface area contributed by atoms with Gasteiger partial charge >= 0.3 is 5.69 Å². The standard InChI is InChI=1S/C11H17N5O2/c1-3-12-9-8(16(17)18)10(15-7-14-9)13-6-11(2)4-5-11/h7H,3-6H2,1-2H3,(H2,12,13,14,15). The van der Waals surface area contributed by atoms with Crippen LogP contribution in [0.1, 0.15) is 26.7 Å². The molecule has 1 aromatic rings. The van der Waals surface area contributed by atoms with Crippen LogP contribution >= 0.6 is 0 Å². The molecule has 0 amide bonds. The molecule has 0 aromatic carbocycles. The van der Waals surface area contributed by atoms with Gasteiger partial charge in [-0.05, 0) is 25.2 Å². The number of nitrogens with one attached hydrogen (secondary N) is 2. The van der Waals surface area contributed by atoms with Gasteiger partial charge in [-0.1, -0.05) is 6.92 Å². The molecule has 0 saturated heterocycles. The van der Waals surface area contributed by atoms with Gasteiger partial charge in [0, 0.05) is 13.1 Å². The summed E-state index contributed by atoms with van der Waals surface area (Å²) in [6.07, 6.45) is 3.64. The molecule has 0 unspecified atom stereocenters. The van der Waals surface area contributed by atoms with E-state index in [-0.39, 0.29) is 16.9 Å². The van der Waals surface area contributed by atoms with Gasteiger partial charge in [-0.25, -0.2) is 9.97 Å². The third-order valence-electron chi connectivity index (χ3n) is 3.14. The second kappa shape index (κ2) is 4.75. The van der Waals surface area contributed by atoms with Gasteiger partial charge < -0.3 is 10.6 Å². The highest BCUT2D eigenvalue weighted by Crippen LogP contribution is 2.45. The molecule has 0 bridgehead atoms. The first-order valence-corrected chi connectivity index (χ1v) is 6.03. The lowest BCUT2D eigenvalue weighted by Gasteiger charge is -2.12. The van der Waals surface area contributed by atoms with Crippen molar-refractivity contribution >= 4 is 17.3 Å². The Labute approximate surface area is 105 Å². The molecule has 1 aromatic heterocycles. The van der Waals surface area contributed by atoms with Crippen LogP contribution in [-0.2, 0) is 0 Å². The van der Waals surface area contributed by atoms with Crippen LogP contribution in [0.15, 0.2) is 6.33 Å². The Kier molecular flexibility index (Phi) is 3.31. The van der Waals surface area contributed by atoms with E-state index in [4.69, 9.17) is 0 Å². The number of anilines is 2. The van der Waals surface area contributed by atoms with Crippen molar-refractivity contribution in [3.05, 3.63) is 16.4 Å². The summed E-state index contributed by atoms with van der Waals surface area (Å²) in [6, 6.07) is 0. The lowest BCUT2D eigenvalue weighted by Crippen LogP contribution is -2.15. The summed E-state index contributed by atoms with van der Waals surface area (Å²) in [7, 11) is 0. The molecule has 1 aliphatic carbocycles. The summed E-state index contributed by atoms with van der Waals surface area (Å²) < 4.78 is 0. The van der Waals surface area contributed by atoms with Crippen molar-refractivity contribution in [1.29, 1.82) is 0 Å². The van der Waals surface area contributed by atoms with Gasteiger partial charge in [0.25, 0.3) is 0 Å². The fourth-order valence-corrected chi connectivity index (χ4v) is 1.67. The van der Waals surface area contributed by atoms with Crippen LogP contribution in [0.5, 0.6) is 0 Å². The SMILES string of the molecule is CCNc1ncnc(NCC2(C)CC2)c1[N+](=O)[O-]. The van der Waals surface area contributed by atoms with Gasteiger partial charge in [0.1, 0.15) is 6.33 Å². The summed E-state index contributed by atoms with van der Waals surface area (Å²) in [6.45, 7) is 5.30. The Bertz CT molecular complexity index is 459. The van der Waals surface area contributed by atoms with Crippen LogP contribution < -0.4 is 10.6 Å². The van der Waals surface area contributed by atoms with Gasteiger partial charge in [-0.2, -0.15) is 0 Å². The molecule has 0 aliphatic heterocycles. The summed E-state index contributed by atoms with van der Waals surface area (Å²) in [5.74, 6) is 0.556. The molecule has 2 rings (SSSR count). The van der Waals surface area contributed by atoms with Gasteiger partial charge in [-0.15, -0.1) is 0 Å². The van der Waals surface area contributed by atoms with Crippen LogP contribution in [-0.4, -0.2) is 28.0 Å². The monoisotopic (exact) mass is 251 g/mol. The molecular weight excluding hydrogens is 234 g/mol. The number of rotatable bonds is 6. The van der Waals surface area contributed by atoms with E-state index < -0.39 is 4.92 Å². The number of hydrogen-bond acceptors (Lipinski definition) is 6. The van der Waals surface area contributed by atoms with Crippen molar-refractivity contribution in [1.82, 2.24) is 9.97 Å². The zero-order valence-corrected chi connectivity index (χ0v) is 10.6. The van der Waals surface area contributed by atoms with Gasteiger partial charge in [0.2, 0.25) is 11.6 Å². The van der Waals surface area contributed by atoms with E-state index in [9.17, 15) is 10.1 Å². The predicted molar refractivity (Wildman–Crippen MR) is 68.7 cm³/mol. The van der Waals surface area contributed by atoms with E-state index in [1.54, 1.807) is 0 Å². The third kappa shape index (κ3) is 2.66. The molecule has 1 aliphatic rings. The van der Waals surface area contributed by atoms with Crippen LogP contribution in [0.2, 0.25) is 0 Å². The maximum absolute atomic E-state index is 11.1. The van der Waals surface area contributed by atoms with E-state index in [2.05, 4.69) is 27.5 Å². The highest BCUT2D eigenvalue weighted by molar-refractivity contribution is 5.69. The molecule has 98 valence electrons. The van der Waals surface area contributed by atoms with Gasteiger partial charge in [0.05, 0.1) is 4.92 Å². The average molecular weight is 251 g/mol. The smallest absolute Gasteiger partial charge is 0.353 e. The molecule has 0 atom stereocenters. The molecule has 1 saturated carbocycles. The molecule has 0 radical (unpaired) electrons. The Morgan fingerprint density at radius 1 is 1.39 bits per heavy atom. The zero-order chi connectivity index (χ0) is 13.2. The van der Waals surface area contributed by atoms with Crippen molar-refractivity contribution < 1.29 is 4.92 Å². The van der Waals surface area contributed by atoms with Crippen molar-refractivity contribution in [3.8, 4) is 0 Å². The minimum Gasteiger partial charge on any atom is -0.364 e.